The van der Waals surface area contributed by atoms with Crippen LogP contribution in [0.15, 0.2) is 23.9 Å². The van der Waals surface area contributed by atoms with Crippen molar-refractivity contribution < 1.29 is 47.9 Å². The van der Waals surface area contributed by atoms with Gasteiger partial charge in [0, 0.05) is 11.8 Å². The van der Waals surface area contributed by atoms with Gasteiger partial charge in [-0.25, -0.2) is 29.0 Å². The van der Waals surface area contributed by atoms with Crippen LogP contribution in [-0.4, -0.2) is 80.5 Å². The number of sulfone groups is 1. The third kappa shape index (κ3) is 3.28. The molecule has 0 bridgehead atoms. The van der Waals surface area contributed by atoms with Crippen molar-refractivity contribution in [2.45, 2.75) is 23.1 Å². The maximum Gasteiger partial charge on any atom is 0.431 e. The van der Waals surface area contributed by atoms with E-state index in [0.29, 0.717) is 4.90 Å². The summed E-state index contributed by atoms with van der Waals surface area (Å²) in [6.45, 7) is 0.0656. The summed E-state index contributed by atoms with van der Waals surface area (Å²) in [5, 5.41) is 25.2. The van der Waals surface area contributed by atoms with Crippen LogP contribution in [0.2, 0.25) is 0 Å². The molecule has 2 aliphatic rings. The van der Waals surface area contributed by atoms with Gasteiger partial charge in [0.15, 0.2) is 21.3 Å². The number of amides is 3. The molecule has 3 atom stereocenters. The lowest BCUT2D eigenvalue weighted by atomic mass is 9.94. The summed E-state index contributed by atoms with van der Waals surface area (Å²) in [5.41, 5.74) is 2.23. The lowest BCUT2D eigenvalue weighted by Crippen LogP contribution is -2.59. The molecule has 15 heteroatoms. The Morgan fingerprint density at radius 2 is 2.00 bits per heavy atom. The molecule has 3 heterocycles. The predicted molar refractivity (Wildman–Crippen MR) is 97.1 cm³/mol. The lowest BCUT2D eigenvalue weighted by molar-refractivity contribution is -0.153. The quantitative estimate of drug-likeness (QED) is 0.149. The first-order valence-electron chi connectivity index (χ1n) is 8.47. The number of rotatable bonds is 5. The SMILES string of the molecule is C[C@]1(COC(=O)NO)[C@H](C(=O)O)N2C(=O)/C(=C/c3cc(C(=O)NO)ccn3)[C@H]2S1(=O)=O. The molecule has 1 aromatic heterocycles. The number of carbonyl (C=O) groups excluding carboxylic acids is 3. The van der Waals surface area contributed by atoms with Gasteiger partial charge in [0.1, 0.15) is 11.4 Å². The van der Waals surface area contributed by atoms with E-state index >= 15 is 0 Å². The van der Waals surface area contributed by atoms with E-state index in [9.17, 15) is 32.7 Å². The zero-order valence-electron chi connectivity index (χ0n) is 15.7. The molecule has 2 aliphatic heterocycles. The average molecular weight is 456 g/mol. The standard InChI is InChI=1S/C16H16N4O10S/c1-16(6-30-15(25)19-27)10(14(23)24)20-12(22)9(13(20)31(16,28)29)5-8-4-7(2-3-17-8)11(21)18-26/h2-5,10,13,26-27H,6H2,1H3,(H,18,21)(H,19,25)(H,23,24)/b9-5-/t10-,13+,16-/m0/s1. The van der Waals surface area contributed by atoms with E-state index in [1.165, 1.54) is 23.8 Å². The minimum atomic E-state index is -4.44. The number of aromatic nitrogens is 1. The number of pyridine rings is 1. The van der Waals surface area contributed by atoms with E-state index < -0.39 is 56.5 Å². The van der Waals surface area contributed by atoms with Crippen molar-refractivity contribution in [2.75, 3.05) is 6.61 Å². The molecular weight excluding hydrogens is 440 g/mol. The molecule has 0 aromatic carbocycles. The highest BCUT2D eigenvalue weighted by Crippen LogP contribution is 2.49. The fourth-order valence-electron chi connectivity index (χ4n) is 3.53. The maximum absolute atomic E-state index is 13.2. The first kappa shape index (κ1) is 22.1. The Kier molecular flexibility index (Phi) is 5.43. The van der Waals surface area contributed by atoms with Gasteiger partial charge in [-0.15, -0.1) is 0 Å². The van der Waals surface area contributed by atoms with Gasteiger partial charge in [0.2, 0.25) is 0 Å². The van der Waals surface area contributed by atoms with Crippen molar-refractivity contribution >= 4 is 39.8 Å². The normalized spacial score (nSPS) is 27.3. The van der Waals surface area contributed by atoms with Gasteiger partial charge in [0.25, 0.3) is 11.8 Å². The Morgan fingerprint density at radius 3 is 2.58 bits per heavy atom. The Bertz CT molecular complexity index is 1120. The van der Waals surface area contributed by atoms with Gasteiger partial charge < -0.3 is 14.7 Å². The number of hydroxylamine groups is 2. The zero-order valence-corrected chi connectivity index (χ0v) is 16.5. The van der Waals surface area contributed by atoms with E-state index in [1.807, 2.05) is 0 Å². The molecule has 3 rings (SSSR count). The molecule has 2 saturated heterocycles. The van der Waals surface area contributed by atoms with E-state index in [-0.39, 0.29) is 16.8 Å². The molecule has 1 aromatic rings. The highest BCUT2D eigenvalue weighted by molar-refractivity contribution is 7.94. The molecule has 0 unspecified atom stereocenters. The molecule has 3 amide bonds. The van der Waals surface area contributed by atoms with Crippen LogP contribution < -0.4 is 11.0 Å². The van der Waals surface area contributed by atoms with Crippen molar-refractivity contribution in [2.24, 2.45) is 0 Å². The van der Waals surface area contributed by atoms with Crippen LogP contribution in [-0.2, 0) is 24.2 Å². The number of β-lactam (4-membered cyclic amide) rings is 1. The van der Waals surface area contributed by atoms with Gasteiger partial charge >= 0.3 is 12.1 Å². The van der Waals surface area contributed by atoms with Crippen LogP contribution in [0.5, 0.6) is 0 Å². The number of carbonyl (C=O) groups is 4. The van der Waals surface area contributed by atoms with Crippen molar-refractivity contribution in [1.82, 2.24) is 20.8 Å². The van der Waals surface area contributed by atoms with E-state index in [0.717, 1.165) is 18.5 Å². The van der Waals surface area contributed by atoms with Crippen molar-refractivity contribution in [1.29, 1.82) is 0 Å². The molecule has 166 valence electrons. The average Bonchev–Trinajstić information content (AvgIpc) is 2.90. The summed E-state index contributed by atoms with van der Waals surface area (Å²) < 4.78 is 28.7. The van der Waals surface area contributed by atoms with Crippen LogP contribution in [0.4, 0.5) is 4.79 Å². The number of nitrogens with one attached hydrogen (secondary N) is 2. The summed E-state index contributed by atoms with van der Waals surface area (Å²) in [4.78, 5) is 51.7. The second-order valence-electron chi connectivity index (χ2n) is 6.86. The first-order valence-corrected chi connectivity index (χ1v) is 10.0. The van der Waals surface area contributed by atoms with Gasteiger partial charge in [-0.05, 0) is 25.1 Å². The Labute approximate surface area is 173 Å². The smallest absolute Gasteiger partial charge is 0.431 e. The molecule has 0 spiro atoms. The van der Waals surface area contributed by atoms with Gasteiger partial charge in [-0.2, -0.15) is 0 Å². The molecule has 5 N–H and O–H groups in total. The minimum Gasteiger partial charge on any atom is -0.480 e. The Balaban J connectivity index is 2.03. The molecule has 0 radical (unpaired) electrons. The fourth-order valence-corrected chi connectivity index (χ4v) is 5.81. The molecule has 2 fully saturated rings. The first-order chi connectivity index (χ1) is 14.5. The minimum absolute atomic E-state index is 0.00989. The number of ether oxygens (including phenoxy) is 1. The summed E-state index contributed by atoms with van der Waals surface area (Å²) in [6.07, 6.45) is 0.869. The highest BCUT2D eigenvalue weighted by Gasteiger charge is 2.72. The molecule has 0 aliphatic carbocycles. The van der Waals surface area contributed by atoms with Crippen LogP contribution in [0.1, 0.15) is 23.0 Å². The third-order valence-electron chi connectivity index (χ3n) is 5.06. The van der Waals surface area contributed by atoms with Gasteiger partial charge in [-0.1, -0.05) is 0 Å². The summed E-state index contributed by atoms with van der Waals surface area (Å²) in [5.74, 6) is -3.39. The van der Waals surface area contributed by atoms with Crippen molar-refractivity contribution in [3.05, 3.63) is 35.2 Å². The Hall–Kier alpha value is -3.56. The van der Waals surface area contributed by atoms with Crippen LogP contribution in [0, 0.1) is 0 Å². The van der Waals surface area contributed by atoms with Crippen molar-refractivity contribution in [3.8, 4) is 0 Å². The maximum atomic E-state index is 13.2. The van der Waals surface area contributed by atoms with E-state index in [1.54, 1.807) is 0 Å². The number of hydrogen-bond acceptors (Lipinski definition) is 10. The molecule has 31 heavy (non-hydrogen) atoms. The highest BCUT2D eigenvalue weighted by atomic mass is 32.2. The summed E-state index contributed by atoms with van der Waals surface area (Å²) in [6, 6.07) is 0.576. The number of fused-ring (bicyclic) bond motifs is 1. The summed E-state index contributed by atoms with van der Waals surface area (Å²) >= 11 is 0. The predicted octanol–water partition coefficient (Wildman–Crippen LogP) is -1.49. The summed E-state index contributed by atoms with van der Waals surface area (Å²) in [7, 11) is -4.44. The Morgan fingerprint density at radius 1 is 1.32 bits per heavy atom. The van der Waals surface area contributed by atoms with Crippen LogP contribution >= 0.6 is 0 Å². The third-order valence-corrected chi connectivity index (χ3v) is 7.77. The molecule has 14 nitrogen and oxygen atoms in total. The topological polar surface area (TPSA) is 213 Å². The second-order valence-corrected chi connectivity index (χ2v) is 9.33. The number of hydrogen-bond donors (Lipinski definition) is 5. The van der Waals surface area contributed by atoms with Crippen LogP contribution in [0.3, 0.4) is 0 Å². The number of aliphatic carboxylic acids is 1. The number of nitrogens with zero attached hydrogens (tertiary/aromatic N) is 2. The van der Waals surface area contributed by atoms with Crippen molar-refractivity contribution in [3.63, 3.8) is 0 Å². The molecular formula is C16H16N4O10S. The second kappa shape index (κ2) is 7.60. The zero-order chi connectivity index (χ0) is 23.1. The van der Waals surface area contributed by atoms with E-state index in [4.69, 9.17) is 10.4 Å². The molecule has 0 saturated carbocycles. The van der Waals surface area contributed by atoms with Gasteiger partial charge in [0.05, 0.1) is 11.3 Å². The largest absolute Gasteiger partial charge is 0.480 e. The number of carboxylic acid groups (broad SMARTS) is 1. The lowest BCUT2D eigenvalue weighted by Gasteiger charge is -2.37. The van der Waals surface area contributed by atoms with E-state index in [2.05, 4.69) is 9.72 Å². The monoisotopic (exact) mass is 456 g/mol. The van der Waals surface area contributed by atoms with Gasteiger partial charge in [-0.3, -0.25) is 25.0 Å². The number of carboxylic acids is 1. The fraction of sp³-hybridized carbons (Fsp3) is 0.312. The van der Waals surface area contributed by atoms with Crippen LogP contribution in [0.25, 0.3) is 6.08 Å².